The van der Waals surface area contributed by atoms with Crippen LogP contribution in [0.1, 0.15) is 31.2 Å². The zero-order valence-corrected chi connectivity index (χ0v) is 17.8. The SMILES string of the molecule is COc1cccc(OC[C@@H](O)CNC(=O)CC[C@]2(Cc3ccccc3)CCC(=O)N2)c1. The van der Waals surface area contributed by atoms with Crippen LogP contribution in [0.3, 0.4) is 0 Å². The van der Waals surface area contributed by atoms with Crippen molar-refractivity contribution in [1.82, 2.24) is 10.6 Å². The van der Waals surface area contributed by atoms with E-state index in [2.05, 4.69) is 10.6 Å². The second-order valence-corrected chi connectivity index (χ2v) is 7.94. The summed E-state index contributed by atoms with van der Waals surface area (Å²) in [4.78, 5) is 24.2. The molecule has 2 atom stereocenters. The summed E-state index contributed by atoms with van der Waals surface area (Å²) in [5.74, 6) is 1.13. The predicted molar refractivity (Wildman–Crippen MR) is 117 cm³/mol. The molecule has 2 amide bonds. The van der Waals surface area contributed by atoms with Crippen molar-refractivity contribution in [3.05, 3.63) is 60.2 Å². The van der Waals surface area contributed by atoms with E-state index in [1.165, 1.54) is 0 Å². The Balaban J connectivity index is 1.43. The Morgan fingerprint density at radius 3 is 2.68 bits per heavy atom. The summed E-state index contributed by atoms with van der Waals surface area (Å²) in [6.07, 6.45) is 1.88. The molecular weight excluding hydrogens is 396 g/mol. The van der Waals surface area contributed by atoms with Gasteiger partial charge < -0.3 is 25.2 Å². The third-order valence-corrected chi connectivity index (χ3v) is 5.47. The maximum atomic E-state index is 12.3. The van der Waals surface area contributed by atoms with Crippen molar-refractivity contribution in [2.45, 2.75) is 43.7 Å². The van der Waals surface area contributed by atoms with Gasteiger partial charge in [-0.1, -0.05) is 36.4 Å². The van der Waals surface area contributed by atoms with Gasteiger partial charge in [0, 0.05) is 31.0 Å². The average Bonchev–Trinajstić information content (AvgIpc) is 3.16. The first-order chi connectivity index (χ1) is 15.0. The highest BCUT2D eigenvalue weighted by atomic mass is 16.5. The molecular formula is C24H30N2O5. The smallest absolute Gasteiger partial charge is 0.220 e. The Morgan fingerprint density at radius 1 is 1.19 bits per heavy atom. The molecule has 3 rings (SSSR count). The molecule has 1 saturated heterocycles. The number of hydrogen-bond donors (Lipinski definition) is 3. The number of aliphatic hydroxyl groups is 1. The summed E-state index contributed by atoms with van der Waals surface area (Å²) >= 11 is 0. The fourth-order valence-electron chi connectivity index (χ4n) is 3.78. The van der Waals surface area contributed by atoms with Crippen LogP contribution in [-0.2, 0) is 16.0 Å². The molecule has 7 nitrogen and oxygen atoms in total. The first-order valence-corrected chi connectivity index (χ1v) is 10.5. The van der Waals surface area contributed by atoms with E-state index in [0.29, 0.717) is 37.2 Å². The van der Waals surface area contributed by atoms with Crippen LogP contribution in [0, 0.1) is 0 Å². The molecule has 1 fully saturated rings. The maximum absolute atomic E-state index is 12.3. The van der Waals surface area contributed by atoms with E-state index in [-0.39, 0.29) is 31.4 Å². The first kappa shape index (κ1) is 22.6. The van der Waals surface area contributed by atoms with Crippen LogP contribution >= 0.6 is 0 Å². The summed E-state index contributed by atoms with van der Waals surface area (Å²) in [6.45, 7) is 0.155. The van der Waals surface area contributed by atoms with Gasteiger partial charge >= 0.3 is 0 Å². The van der Waals surface area contributed by atoms with Gasteiger partial charge in [-0.25, -0.2) is 0 Å². The predicted octanol–water partition coefficient (Wildman–Crippen LogP) is 2.22. The molecule has 0 aliphatic carbocycles. The molecule has 3 N–H and O–H groups in total. The van der Waals surface area contributed by atoms with Crippen LogP contribution in [0.15, 0.2) is 54.6 Å². The first-order valence-electron chi connectivity index (χ1n) is 10.5. The van der Waals surface area contributed by atoms with Gasteiger partial charge in [-0.3, -0.25) is 9.59 Å². The molecule has 0 bridgehead atoms. The van der Waals surface area contributed by atoms with Gasteiger partial charge in [-0.15, -0.1) is 0 Å². The summed E-state index contributed by atoms with van der Waals surface area (Å²) in [5.41, 5.74) is 0.736. The third kappa shape index (κ3) is 7.00. The molecule has 0 radical (unpaired) electrons. The highest BCUT2D eigenvalue weighted by Gasteiger charge is 2.37. The van der Waals surface area contributed by atoms with E-state index < -0.39 is 11.6 Å². The quantitative estimate of drug-likeness (QED) is 0.512. The number of ether oxygens (including phenoxy) is 2. The van der Waals surface area contributed by atoms with Gasteiger partial charge in [0.1, 0.15) is 24.2 Å². The Hall–Kier alpha value is -3.06. The maximum Gasteiger partial charge on any atom is 0.220 e. The molecule has 166 valence electrons. The Kier molecular flexibility index (Phi) is 7.89. The number of methoxy groups -OCH3 is 1. The summed E-state index contributed by atoms with van der Waals surface area (Å²) in [7, 11) is 1.57. The van der Waals surface area contributed by atoms with Crippen molar-refractivity contribution in [2.24, 2.45) is 0 Å². The number of benzene rings is 2. The average molecular weight is 427 g/mol. The molecule has 2 aromatic carbocycles. The van der Waals surface area contributed by atoms with E-state index in [0.717, 1.165) is 5.56 Å². The Labute approximate surface area is 182 Å². The summed E-state index contributed by atoms with van der Waals surface area (Å²) < 4.78 is 10.7. The van der Waals surface area contributed by atoms with Gasteiger partial charge in [-0.05, 0) is 37.0 Å². The number of carbonyl (C=O) groups is 2. The van der Waals surface area contributed by atoms with Crippen molar-refractivity contribution in [1.29, 1.82) is 0 Å². The minimum atomic E-state index is -0.834. The molecule has 0 saturated carbocycles. The number of nitrogens with one attached hydrogen (secondary N) is 2. The van der Waals surface area contributed by atoms with Crippen LogP contribution in [0.2, 0.25) is 0 Å². The van der Waals surface area contributed by atoms with Crippen molar-refractivity contribution in [3.8, 4) is 11.5 Å². The van der Waals surface area contributed by atoms with Crippen molar-refractivity contribution < 1.29 is 24.2 Å². The van der Waals surface area contributed by atoms with Gasteiger partial charge in [-0.2, -0.15) is 0 Å². The van der Waals surface area contributed by atoms with Gasteiger partial charge in [0.05, 0.1) is 7.11 Å². The van der Waals surface area contributed by atoms with Crippen LogP contribution < -0.4 is 20.1 Å². The molecule has 1 heterocycles. The monoisotopic (exact) mass is 426 g/mol. The summed E-state index contributed by atoms with van der Waals surface area (Å²) in [5, 5.41) is 16.0. The molecule has 0 unspecified atom stereocenters. The zero-order chi connectivity index (χ0) is 22.1. The lowest BCUT2D eigenvalue weighted by Crippen LogP contribution is -2.45. The largest absolute Gasteiger partial charge is 0.497 e. The van der Waals surface area contributed by atoms with Crippen molar-refractivity contribution in [2.75, 3.05) is 20.3 Å². The summed E-state index contributed by atoms with van der Waals surface area (Å²) in [6, 6.07) is 17.1. The normalized spacial score (nSPS) is 18.8. The van der Waals surface area contributed by atoms with Crippen LogP contribution in [0.5, 0.6) is 11.5 Å². The van der Waals surface area contributed by atoms with E-state index in [1.54, 1.807) is 31.4 Å². The molecule has 1 aliphatic rings. The van der Waals surface area contributed by atoms with E-state index >= 15 is 0 Å². The fourth-order valence-corrected chi connectivity index (χ4v) is 3.78. The number of rotatable bonds is 11. The Morgan fingerprint density at radius 2 is 1.97 bits per heavy atom. The van der Waals surface area contributed by atoms with Crippen LogP contribution in [0.4, 0.5) is 0 Å². The van der Waals surface area contributed by atoms with Crippen LogP contribution in [-0.4, -0.2) is 48.8 Å². The molecule has 0 aromatic heterocycles. The minimum Gasteiger partial charge on any atom is -0.497 e. The molecule has 31 heavy (non-hydrogen) atoms. The second kappa shape index (κ2) is 10.8. The number of amides is 2. The second-order valence-electron chi connectivity index (χ2n) is 7.94. The number of carbonyl (C=O) groups excluding carboxylic acids is 2. The fraction of sp³-hybridized carbons (Fsp3) is 0.417. The third-order valence-electron chi connectivity index (χ3n) is 5.47. The lowest BCUT2D eigenvalue weighted by molar-refractivity contribution is -0.123. The topological polar surface area (TPSA) is 96.9 Å². The number of aliphatic hydroxyl groups excluding tert-OH is 1. The zero-order valence-electron chi connectivity index (χ0n) is 17.8. The van der Waals surface area contributed by atoms with Gasteiger partial charge in [0.15, 0.2) is 0 Å². The Bertz CT molecular complexity index is 873. The molecule has 2 aromatic rings. The van der Waals surface area contributed by atoms with E-state index in [1.807, 2.05) is 30.3 Å². The highest BCUT2D eigenvalue weighted by Crippen LogP contribution is 2.29. The van der Waals surface area contributed by atoms with Crippen molar-refractivity contribution in [3.63, 3.8) is 0 Å². The molecule has 0 spiro atoms. The van der Waals surface area contributed by atoms with Crippen molar-refractivity contribution >= 4 is 11.8 Å². The van der Waals surface area contributed by atoms with E-state index in [9.17, 15) is 14.7 Å². The lowest BCUT2D eigenvalue weighted by atomic mass is 9.85. The van der Waals surface area contributed by atoms with Crippen LogP contribution in [0.25, 0.3) is 0 Å². The molecule has 1 aliphatic heterocycles. The highest BCUT2D eigenvalue weighted by molar-refractivity contribution is 5.80. The van der Waals surface area contributed by atoms with Gasteiger partial charge in [0.25, 0.3) is 0 Å². The minimum absolute atomic E-state index is 0.0291. The van der Waals surface area contributed by atoms with E-state index in [4.69, 9.17) is 9.47 Å². The number of hydrogen-bond acceptors (Lipinski definition) is 5. The molecule has 7 heteroatoms. The van der Waals surface area contributed by atoms with Gasteiger partial charge in [0.2, 0.25) is 11.8 Å². The lowest BCUT2D eigenvalue weighted by Gasteiger charge is -2.29. The standard InChI is InChI=1S/C24H30N2O5/c1-30-20-8-5-9-21(14-20)31-17-19(27)16-25-22(28)10-12-24(13-11-23(29)26-24)15-18-6-3-2-4-7-18/h2-9,14,19,27H,10-13,15-17H2,1H3,(H,25,28)(H,26,29)/t19-,24+/m0/s1.